The van der Waals surface area contributed by atoms with Crippen LogP contribution < -0.4 is 4.72 Å². The Bertz CT molecular complexity index is 1350. The lowest BCUT2D eigenvalue weighted by Crippen LogP contribution is -2.39. The third kappa shape index (κ3) is 6.04. The second kappa shape index (κ2) is 10.7. The van der Waals surface area contributed by atoms with Gasteiger partial charge in [0.2, 0.25) is 5.91 Å². The number of sulfonamides is 1. The number of ether oxygens (including phenoxy) is 1. The lowest BCUT2D eigenvalue weighted by Gasteiger charge is -2.14. The Hall–Kier alpha value is -4.05. The molecule has 1 amide bonds. The number of nitro groups is 1. The van der Waals surface area contributed by atoms with Gasteiger partial charge in [-0.2, -0.15) is 0 Å². The van der Waals surface area contributed by atoms with Crippen molar-refractivity contribution in [2.75, 3.05) is 6.61 Å². The van der Waals surface area contributed by atoms with E-state index in [2.05, 4.69) is 0 Å². The first-order chi connectivity index (χ1) is 16.2. The molecule has 0 bridgehead atoms. The van der Waals surface area contributed by atoms with E-state index < -0.39 is 32.7 Å². The third-order valence-corrected chi connectivity index (χ3v) is 6.28. The molecule has 1 unspecified atom stereocenters. The lowest BCUT2D eigenvalue weighted by molar-refractivity contribution is -0.384. The van der Waals surface area contributed by atoms with Crippen LogP contribution in [0.2, 0.25) is 0 Å². The molecule has 176 valence electrons. The maximum atomic E-state index is 12.8. The number of carbonyl (C=O) groups is 2. The number of carbonyl (C=O) groups excluding carboxylic acids is 2. The zero-order chi connectivity index (χ0) is 24.7. The summed E-state index contributed by atoms with van der Waals surface area (Å²) in [4.78, 5) is 35.3. The molecule has 3 rings (SSSR count). The van der Waals surface area contributed by atoms with Crippen molar-refractivity contribution in [3.05, 3.63) is 88.5 Å². The number of fused-ring (bicyclic) bond motifs is 1. The zero-order valence-corrected chi connectivity index (χ0v) is 19.0. The first-order valence-corrected chi connectivity index (χ1v) is 11.8. The molecular weight excluding hydrogens is 460 g/mol. The van der Waals surface area contributed by atoms with Gasteiger partial charge in [-0.3, -0.25) is 19.7 Å². The second-order valence-electron chi connectivity index (χ2n) is 7.27. The lowest BCUT2D eigenvalue weighted by atomic mass is 10.0. The Morgan fingerprint density at radius 3 is 2.38 bits per heavy atom. The first-order valence-electron chi connectivity index (χ1n) is 10.3. The summed E-state index contributed by atoms with van der Waals surface area (Å²) < 4.78 is 32.5. The number of nitrogens with zero attached hydrogens (tertiary/aromatic N) is 1. The Balaban J connectivity index is 1.77. The molecular formula is C24H22N2O7S. The van der Waals surface area contributed by atoms with Crippen molar-refractivity contribution in [3.8, 4) is 0 Å². The van der Waals surface area contributed by atoms with E-state index in [1.54, 1.807) is 31.2 Å². The maximum Gasteiger partial charge on any atom is 0.318 e. The molecule has 3 aromatic carbocycles. The van der Waals surface area contributed by atoms with Crippen LogP contribution in [0.5, 0.6) is 0 Å². The predicted octanol–water partition coefficient (Wildman–Crippen LogP) is 3.84. The van der Waals surface area contributed by atoms with Crippen LogP contribution >= 0.6 is 0 Å². The van der Waals surface area contributed by atoms with E-state index in [-0.39, 0.29) is 23.6 Å². The number of esters is 1. The van der Waals surface area contributed by atoms with E-state index in [4.69, 9.17) is 4.74 Å². The summed E-state index contributed by atoms with van der Waals surface area (Å²) in [6.07, 6.45) is 2.95. The zero-order valence-electron chi connectivity index (χ0n) is 18.2. The molecule has 0 radical (unpaired) electrons. The van der Waals surface area contributed by atoms with Gasteiger partial charge in [0.15, 0.2) is 0 Å². The Labute approximate surface area is 196 Å². The summed E-state index contributed by atoms with van der Waals surface area (Å²) in [5.41, 5.74) is 0.539. The fourth-order valence-corrected chi connectivity index (χ4v) is 4.25. The Kier molecular flexibility index (Phi) is 7.75. The van der Waals surface area contributed by atoms with Gasteiger partial charge < -0.3 is 4.74 Å². The number of amides is 1. The van der Waals surface area contributed by atoms with Gasteiger partial charge in [-0.25, -0.2) is 13.1 Å². The van der Waals surface area contributed by atoms with Crippen molar-refractivity contribution in [2.24, 2.45) is 5.92 Å². The van der Waals surface area contributed by atoms with Gasteiger partial charge in [0.25, 0.3) is 15.7 Å². The highest BCUT2D eigenvalue weighted by molar-refractivity contribution is 7.90. The minimum atomic E-state index is -4.23. The van der Waals surface area contributed by atoms with Crippen LogP contribution in [0, 0.1) is 16.0 Å². The highest BCUT2D eigenvalue weighted by Gasteiger charge is 2.30. The molecule has 0 aliphatic carbocycles. The van der Waals surface area contributed by atoms with Gasteiger partial charge in [-0.15, -0.1) is 0 Å². The highest BCUT2D eigenvalue weighted by atomic mass is 32.2. The van der Waals surface area contributed by atoms with Crippen LogP contribution in [0.1, 0.15) is 18.9 Å². The van der Waals surface area contributed by atoms with Crippen molar-refractivity contribution < 1.29 is 27.7 Å². The second-order valence-corrected chi connectivity index (χ2v) is 8.95. The maximum absolute atomic E-state index is 12.8. The standard InChI is InChI=1S/C24H22N2O7S/c1-2-33-24(28)22(9-5-6-17-10-13-20(14-11-17)26(29)30)23(27)25-34(31,32)21-15-12-18-7-3-4-8-19(18)16-21/h3-8,10-16,22H,2,9H2,1H3,(H,25,27). The van der Waals surface area contributed by atoms with Gasteiger partial charge in [-0.1, -0.05) is 42.5 Å². The van der Waals surface area contributed by atoms with E-state index >= 15 is 0 Å². The average molecular weight is 483 g/mol. The number of benzene rings is 3. The van der Waals surface area contributed by atoms with Crippen molar-refractivity contribution in [1.29, 1.82) is 0 Å². The predicted molar refractivity (Wildman–Crippen MR) is 126 cm³/mol. The molecule has 10 heteroatoms. The van der Waals surface area contributed by atoms with Crippen LogP contribution in [0.3, 0.4) is 0 Å². The van der Waals surface area contributed by atoms with E-state index in [1.165, 1.54) is 42.5 Å². The monoisotopic (exact) mass is 482 g/mol. The molecule has 0 fully saturated rings. The molecule has 0 saturated carbocycles. The quantitative estimate of drug-likeness (QED) is 0.212. The fourth-order valence-electron chi connectivity index (χ4n) is 3.20. The van der Waals surface area contributed by atoms with Crippen molar-refractivity contribution >= 4 is 44.4 Å². The van der Waals surface area contributed by atoms with E-state index in [0.717, 1.165) is 5.39 Å². The van der Waals surface area contributed by atoms with Gasteiger partial charge in [0.1, 0.15) is 5.92 Å². The summed E-state index contributed by atoms with van der Waals surface area (Å²) in [5, 5.41) is 12.3. The normalized spacial score (nSPS) is 12.4. The van der Waals surface area contributed by atoms with Gasteiger partial charge in [0, 0.05) is 12.1 Å². The van der Waals surface area contributed by atoms with Crippen LogP contribution in [-0.2, 0) is 24.3 Å². The van der Waals surface area contributed by atoms with Gasteiger partial charge in [0.05, 0.1) is 16.4 Å². The fraction of sp³-hybridized carbons (Fsp3) is 0.167. The minimum Gasteiger partial charge on any atom is -0.465 e. The SMILES string of the molecule is CCOC(=O)C(CC=Cc1ccc([N+](=O)[O-])cc1)C(=O)NS(=O)(=O)c1ccc2ccccc2c1. The van der Waals surface area contributed by atoms with Crippen LogP contribution in [-0.4, -0.2) is 31.8 Å². The summed E-state index contributed by atoms with van der Waals surface area (Å²) in [5.74, 6) is -3.27. The first kappa shape index (κ1) is 24.6. The van der Waals surface area contributed by atoms with Crippen LogP contribution in [0.25, 0.3) is 16.8 Å². The molecule has 0 aliphatic heterocycles. The number of nitro benzene ring substituents is 1. The summed E-state index contributed by atoms with van der Waals surface area (Å²) >= 11 is 0. The van der Waals surface area contributed by atoms with E-state index in [9.17, 15) is 28.1 Å². The molecule has 1 N–H and O–H groups in total. The summed E-state index contributed by atoms with van der Waals surface area (Å²) in [7, 11) is -4.23. The van der Waals surface area contributed by atoms with Gasteiger partial charge in [-0.05, 0) is 53.9 Å². The van der Waals surface area contributed by atoms with Crippen molar-refractivity contribution in [2.45, 2.75) is 18.2 Å². The summed E-state index contributed by atoms with van der Waals surface area (Å²) in [6, 6.07) is 17.3. The molecule has 0 saturated heterocycles. The number of hydrogen-bond acceptors (Lipinski definition) is 7. The smallest absolute Gasteiger partial charge is 0.318 e. The average Bonchev–Trinajstić information content (AvgIpc) is 2.81. The Morgan fingerprint density at radius 1 is 1.06 bits per heavy atom. The van der Waals surface area contributed by atoms with Crippen LogP contribution in [0.4, 0.5) is 5.69 Å². The number of nitrogens with one attached hydrogen (secondary N) is 1. The Morgan fingerprint density at radius 2 is 1.74 bits per heavy atom. The van der Waals surface area contributed by atoms with Crippen molar-refractivity contribution in [3.63, 3.8) is 0 Å². The largest absolute Gasteiger partial charge is 0.465 e. The minimum absolute atomic E-state index is 0.0199. The van der Waals surface area contributed by atoms with Gasteiger partial charge >= 0.3 is 5.97 Å². The number of hydrogen-bond donors (Lipinski definition) is 1. The number of non-ortho nitro benzene ring substituents is 1. The molecule has 0 aromatic heterocycles. The van der Waals surface area contributed by atoms with Crippen molar-refractivity contribution in [1.82, 2.24) is 4.72 Å². The topological polar surface area (TPSA) is 133 Å². The number of rotatable bonds is 9. The molecule has 1 atom stereocenters. The molecule has 0 heterocycles. The van der Waals surface area contributed by atoms with E-state index in [0.29, 0.717) is 10.9 Å². The highest BCUT2D eigenvalue weighted by Crippen LogP contribution is 2.20. The molecule has 9 nitrogen and oxygen atoms in total. The molecule has 34 heavy (non-hydrogen) atoms. The molecule has 0 aliphatic rings. The number of allylic oxidation sites excluding steroid dienone is 1. The summed E-state index contributed by atoms with van der Waals surface area (Å²) in [6.45, 7) is 1.59. The van der Waals surface area contributed by atoms with Crippen LogP contribution in [0.15, 0.2) is 77.7 Å². The molecule has 0 spiro atoms. The third-order valence-electron chi connectivity index (χ3n) is 4.94. The molecule has 3 aromatic rings. The van der Waals surface area contributed by atoms with E-state index in [1.807, 2.05) is 16.9 Å².